The van der Waals surface area contributed by atoms with Gasteiger partial charge in [-0.15, -0.1) is 0 Å². The van der Waals surface area contributed by atoms with E-state index in [2.05, 4.69) is 32.3 Å². The smallest absolute Gasteiger partial charge is 0.185 e. The fraction of sp³-hybridized carbons (Fsp3) is 0.160. The number of fused-ring (bicyclic) bond motifs is 2. The summed E-state index contributed by atoms with van der Waals surface area (Å²) >= 11 is 0. The van der Waals surface area contributed by atoms with Crippen LogP contribution in [0.4, 0.5) is 0 Å². The number of rotatable bonds is 5. The maximum absolute atomic E-state index is 12.7. The molecule has 0 saturated heterocycles. The fourth-order valence-electron chi connectivity index (χ4n) is 4.08. The summed E-state index contributed by atoms with van der Waals surface area (Å²) in [4.78, 5) is 21.8. The summed E-state index contributed by atoms with van der Waals surface area (Å²) in [6.07, 6.45) is 4.71. The van der Waals surface area contributed by atoms with Gasteiger partial charge in [0.15, 0.2) is 5.78 Å². The molecule has 30 heavy (non-hydrogen) atoms. The van der Waals surface area contributed by atoms with Gasteiger partial charge in [0.1, 0.15) is 5.69 Å². The molecule has 146 valence electrons. The highest BCUT2D eigenvalue weighted by atomic mass is 16.1. The van der Waals surface area contributed by atoms with E-state index in [1.807, 2.05) is 54.7 Å². The molecule has 0 bridgehead atoms. The lowest BCUT2D eigenvalue weighted by Gasteiger charge is -2.02. The number of ketones is 1. The molecular formula is C25H20N4O. The largest absolute Gasteiger partial charge is 0.300 e. The molecule has 5 aromatic rings. The summed E-state index contributed by atoms with van der Waals surface area (Å²) in [5.41, 5.74) is 6.65. The molecule has 0 radical (unpaired) electrons. The van der Waals surface area contributed by atoms with Crippen LogP contribution in [0.1, 0.15) is 40.5 Å². The van der Waals surface area contributed by atoms with Crippen LogP contribution in [0.25, 0.3) is 33.1 Å². The topological polar surface area (TPSA) is 74.4 Å². The molecule has 0 amide bonds. The second-order valence-corrected chi connectivity index (χ2v) is 8.05. The summed E-state index contributed by atoms with van der Waals surface area (Å²) in [5.74, 6) is 0.648. The number of aromatic nitrogens is 4. The first-order chi connectivity index (χ1) is 14.7. The third-order valence-electron chi connectivity index (χ3n) is 5.85. The van der Waals surface area contributed by atoms with Crippen LogP contribution < -0.4 is 0 Å². The molecule has 0 unspecified atom stereocenters. The van der Waals surface area contributed by atoms with Gasteiger partial charge in [-0.25, -0.2) is 4.98 Å². The maximum atomic E-state index is 12.7. The van der Waals surface area contributed by atoms with Gasteiger partial charge in [-0.1, -0.05) is 30.3 Å². The van der Waals surface area contributed by atoms with Crippen molar-refractivity contribution in [1.29, 1.82) is 0 Å². The molecule has 1 fully saturated rings. The number of hydrogen-bond donors (Lipinski definition) is 2. The van der Waals surface area contributed by atoms with E-state index < -0.39 is 0 Å². The third-order valence-corrected chi connectivity index (χ3v) is 5.85. The number of carbonyl (C=O) groups is 1. The summed E-state index contributed by atoms with van der Waals surface area (Å²) in [6.45, 7) is 0. The first kappa shape index (κ1) is 17.2. The predicted octanol–water partition coefficient (Wildman–Crippen LogP) is 5.41. The minimum absolute atomic E-state index is 0.0380. The maximum Gasteiger partial charge on any atom is 0.185 e. The highest BCUT2D eigenvalue weighted by Gasteiger charge is 2.25. The van der Waals surface area contributed by atoms with Crippen molar-refractivity contribution in [3.05, 3.63) is 83.8 Å². The number of pyridine rings is 1. The van der Waals surface area contributed by atoms with E-state index in [0.717, 1.165) is 38.6 Å². The Morgan fingerprint density at radius 2 is 1.87 bits per heavy atom. The highest BCUT2D eigenvalue weighted by Crippen LogP contribution is 2.40. The van der Waals surface area contributed by atoms with Crippen LogP contribution in [0.2, 0.25) is 0 Å². The van der Waals surface area contributed by atoms with Crippen LogP contribution in [-0.2, 0) is 6.42 Å². The standard InChI is InChI=1S/C25H20N4O/c30-24(10-15-4-2-1-3-5-15)23-13-18-11-19-22(14-21(18)27-23)28-29-25(19)17-8-9-26-20(12-17)16-6-7-16/h1-5,8-9,11-14,16,28-29H,6-7,10H2. The SMILES string of the molecule is O=C(Cc1ccccc1)c1cc2cc3c(-c4ccnc(C5CC5)c4)[nH][nH]c3cc2n1. The number of Topliss-reactive ketones (excluding diaryl/α,β-unsaturated/α-hetero) is 1. The van der Waals surface area contributed by atoms with Crippen molar-refractivity contribution in [3.63, 3.8) is 0 Å². The minimum Gasteiger partial charge on any atom is -0.300 e. The Morgan fingerprint density at radius 1 is 1.00 bits per heavy atom. The van der Waals surface area contributed by atoms with Gasteiger partial charge in [-0.3, -0.25) is 14.9 Å². The average Bonchev–Trinajstić information content (AvgIpc) is 3.42. The van der Waals surface area contributed by atoms with Crippen molar-refractivity contribution in [3.8, 4) is 11.3 Å². The molecule has 6 rings (SSSR count). The van der Waals surface area contributed by atoms with E-state index in [4.69, 9.17) is 0 Å². The van der Waals surface area contributed by atoms with Gasteiger partial charge in [0, 0.05) is 40.6 Å². The van der Waals surface area contributed by atoms with E-state index in [-0.39, 0.29) is 5.78 Å². The molecule has 3 heterocycles. The summed E-state index contributed by atoms with van der Waals surface area (Å²) in [5, 5.41) is 8.62. The van der Waals surface area contributed by atoms with Crippen molar-refractivity contribution in [2.24, 2.45) is 0 Å². The Hall–Kier alpha value is -3.73. The second kappa shape index (κ2) is 6.66. The molecule has 1 aliphatic carbocycles. The summed E-state index contributed by atoms with van der Waals surface area (Å²) in [6, 6.07) is 20.0. The van der Waals surface area contributed by atoms with Crippen LogP contribution in [0.15, 0.2) is 66.9 Å². The van der Waals surface area contributed by atoms with Crippen LogP contribution in [0.5, 0.6) is 0 Å². The van der Waals surface area contributed by atoms with Crippen LogP contribution in [0, 0.1) is 0 Å². The lowest BCUT2D eigenvalue weighted by Crippen LogP contribution is -2.03. The number of carbonyl (C=O) groups excluding carboxylic acids is 1. The number of nitrogens with one attached hydrogen (secondary N) is 2. The quantitative estimate of drug-likeness (QED) is 0.393. The van der Waals surface area contributed by atoms with E-state index in [9.17, 15) is 4.79 Å². The van der Waals surface area contributed by atoms with Crippen molar-refractivity contribution >= 4 is 27.6 Å². The highest BCUT2D eigenvalue weighted by molar-refractivity contribution is 6.05. The number of benzene rings is 2. The van der Waals surface area contributed by atoms with Gasteiger partial charge in [0.25, 0.3) is 0 Å². The van der Waals surface area contributed by atoms with Crippen LogP contribution >= 0.6 is 0 Å². The predicted molar refractivity (Wildman–Crippen MR) is 118 cm³/mol. The number of hydrogen-bond acceptors (Lipinski definition) is 3. The van der Waals surface area contributed by atoms with Crippen molar-refractivity contribution < 1.29 is 4.79 Å². The first-order valence-electron chi connectivity index (χ1n) is 10.3. The lowest BCUT2D eigenvalue weighted by molar-refractivity contribution is 0.0989. The Bertz CT molecular complexity index is 1390. The van der Waals surface area contributed by atoms with E-state index in [1.165, 1.54) is 18.5 Å². The molecule has 2 aromatic carbocycles. The van der Waals surface area contributed by atoms with Gasteiger partial charge in [-0.2, -0.15) is 0 Å². The monoisotopic (exact) mass is 392 g/mol. The van der Waals surface area contributed by atoms with Crippen molar-refractivity contribution in [2.45, 2.75) is 25.2 Å². The summed E-state index contributed by atoms with van der Waals surface area (Å²) in [7, 11) is 0. The number of H-pyrrole nitrogens is 2. The molecule has 0 spiro atoms. The van der Waals surface area contributed by atoms with Gasteiger partial charge < -0.3 is 5.10 Å². The Morgan fingerprint density at radius 3 is 2.70 bits per heavy atom. The zero-order chi connectivity index (χ0) is 20.1. The van der Waals surface area contributed by atoms with Crippen LogP contribution in [-0.4, -0.2) is 25.9 Å². The third kappa shape index (κ3) is 2.99. The molecule has 5 nitrogen and oxygen atoms in total. The average molecular weight is 392 g/mol. The molecule has 0 atom stereocenters. The normalized spacial score (nSPS) is 13.9. The van der Waals surface area contributed by atoms with Crippen molar-refractivity contribution in [1.82, 2.24) is 20.2 Å². The van der Waals surface area contributed by atoms with Gasteiger partial charge in [-0.05, 0) is 48.7 Å². The molecule has 1 saturated carbocycles. The van der Waals surface area contributed by atoms with Gasteiger partial charge in [0.05, 0.1) is 16.7 Å². The Balaban J connectivity index is 1.38. The zero-order valence-corrected chi connectivity index (χ0v) is 16.4. The summed E-state index contributed by atoms with van der Waals surface area (Å²) < 4.78 is 0. The first-order valence-corrected chi connectivity index (χ1v) is 10.3. The molecule has 3 aromatic heterocycles. The van der Waals surface area contributed by atoms with E-state index in [0.29, 0.717) is 18.0 Å². The molecule has 0 aliphatic heterocycles. The van der Waals surface area contributed by atoms with E-state index in [1.54, 1.807) is 0 Å². The fourth-order valence-corrected chi connectivity index (χ4v) is 4.08. The number of aromatic amines is 2. The second-order valence-electron chi connectivity index (χ2n) is 8.05. The molecule has 5 heteroatoms. The Kier molecular flexibility index (Phi) is 3.81. The van der Waals surface area contributed by atoms with Gasteiger partial charge in [0.2, 0.25) is 0 Å². The lowest BCUT2D eigenvalue weighted by atomic mass is 10.1. The van der Waals surface area contributed by atoms with E-state index >= 15 is 0 Å². The zero-order valence-electron chi connectivity index (χ0n) is 16.4. The van der Waals surface area contributed by atoms with Crippen molar-refractivity contribution in [2.75, 3.05) is 0 Å². The Labute approximate surface area is 173 Å². The number of nitrogens with zero attached hydrogens (tertiary/aromatic N) is 2. The van der Waals surface area contributed by atoms with Gasteiger partial charge >= 0.3 is 0 Å². The molecular weight excluding hydrogens is 372 g/mol. The minimum atomic E-state index is 0.0380. The molecule has 1 aliphatic rings. The molecule has 2 N–H and O–H groups in total. The van der Waals surface area contributed by atoms with Crippen LogP contribution in [0.3, 0.4) is 0 Å².